The number of benzene rings is 10. The smallest absolute Gasteiger partial charge is 0.252 e. The number of para-hydroxylation sites is 3. The highest BCUT2D eigenvalue weighted by molar-refractivity contribution is 7.00. The Morgan fingerprint density at radius 3 is 1.52 bits per heavy atom. The zero-order valence-corrected chi connectivity index (χ0v) is 32.2. The molecule has 10 aromatic carbocycles. The van der Waals surface area contributed by atoms with Gasteiger partial charge in [-0.05, 0) is 96.6 Å². The van der Waals surface area contributed by atoms with Crippen LogP contribution in [0.3, 0.4) is 0 Å². The molecule has 16 rings (SSSR count). The Kier molecular flexibility index (Phi) is 5.17. The summed E-state index contributed by atoms with van der Waals surface area (Å²) in [7, 11) is 0. The number of rotatable bonds is 1. The third-order valence-corrected chi connectivity index (χ3v) is 14.5. The van der Waals surface area contributed by atoms with Crippen molar-refractivity contribution in [3.8, 4) is 39.3 Å². The van der Waals surface area contributed by atoms with Gasteiger partial charge in [0.25, 0.3) is 6.71 Å². The largest absolute Gasteiger partial charge is 0.310 e. The second-order valence-corrected chi connectivity index (χ2v) is 17.1. The van der Waals surface area contributed by atoms with Crippen molar-refractivity contribution >= 4 is 110 Å². The number of hydrogen-bond acceptors (Lipinski definition) is 0. The molecule has 0 amide bonds. The molecule has 0 N–H and O–H groups in total. The first kappa shape index (κ1) is 30.3. The van der Waals surface area contributed by atoms with Gasteiger partial charge in [0.15, 0.2) is 0 Å². The maximum Gasteiger partial charge on any atom is 0.252 e. The summed E-state index contributed by atoms with van der Waals surface area (Å²) in [4.78, 5) is 0. The van der Waals surface area contributed by atoms with E-state index in [1.165, 1.54) is 143 Å². The van der Waals surface area contributed by atoms with Crippen LogP contribution in [0.25, 0.3) is 126 Å². The number of nitrogens with zero attached hydrogens (tertiary/aromatic N) is 3. The maximum atomic E-state index is 2.66. The summed E-state index contributed by atoms with van der Waals surface area (Å²) in [6.07, 6.45) is 0. The molecule has 0 saturated heterocycles. The van der Waals surface area contributed by atoms with Crippen molar-refractivity contribution in [1.82, 2.24) is 13.7 Å². The average molecular weight is 756 g/mol. The van der Waals surface area contributed by atoms with Gasteiger partial charge in [-0.25, -0.2) is 0 Å². The molecule has 5 heterocycles. The third kappa shape index (κ3) is 3.32. The molecule has 3 aliphatic rings. The van der Waals surface area contributed by atoms with E-state index in [4.69, 9.17) is 0 Å². The van der Waals surface area contributed by atoms with E-state index >= 15 is 0 Å². The molecule has 0 atom stereocenters. The molecule has 0 fully saturated rings. The molecule has 0 saturated carbocycles. The van der Waals surface area contributed by atoms with E-state index in [1.807, 2.05) is 0 Å². The summed E-state index contributed by atoms with van der Waals surface area (Å²) in [5.41, 5.74) is 20.6. The fourth-order valence-electron chi connectivity index (χ4n) is 12.4. The van der Waals surface area contributed by atoms with Crippen molar-refractivity contribution in [3.63, 3.8) is 0 Å². The average Bonchev–Trinajstić information content (AvgIpc) is 3.93. The lowest BCUT2D eigenvalue weighted by Crippen LogP contribution is -2.59. The Labute approximate surface area is 343 Å². The summed E-state index contributed by atoms with van der Waals surface area (Å²) >= 11 is 0. The van der Waals surface area contributed by atoms with E-state index in [-0.39, 0.29) is 6.71 Å². The Morgan fingerprint density at radius 1 is 0.317 bits per heavy atom. The second kappa shape index (κ2) is 10.2. The highest BCUT2D eigenvalue weighted by Crippen LogP contribution is 2.51. The second-order valence-electron chi connectivity index (χ2n) is 17.1. The number of fused-ring (bicyclic) bond motifs is 16. The molecular formula is C56H30BN3. The van der Waals surface area contributed by atoms with Gasteiger partial charge in [0, 0.05) is 43.7 Å². The van der Waals surface area contributed by atoms with Crippen molar-refractivity contribution in [2.24, 2.45) is 0 Å². The number of hydrogen-bond donors (Lipinski definition) is 0. The molecule has 0 radical (unpaired) electrons. The van der Waals surface area contributed by atoms with Crippen LogP contribution in [0.15, 0.2) is 182 Å². The van der Waals surface area contributed by atoms with Gasteiger partial charge in [0.05, 0.1) is 38.8 Å². The minimum Gasteiger partial charge on any atom is -0.310 e. The molecule has 1 aliphatic carbocycles. The van der Waals surface area contributed by atoms with Gasteiger partial charge < -0.3 is 13.7 Å². The summed E-state index contributed by atoms with van der Waals surface area (Å²) < 4.78 is 7.79. The first-order valence-corrected chi connectivity index (χ1v) is 21.1. The zero-order chi connectivity index (χ0) is 38.5. The SMILES string of the molecule is c1ccc2c(c1)-c1cccc3cc4c5c(c13)c1c-2cccc1n5-c1cc(-n2c3ccccc3c3ccccc32)cc2c1B4c1cc3ccccc3c3c4ccccc4n-2c13. The fraction of sp³-hybridized carbons (Fsp3) is 0. The monoisotopic (exact) mass is 755 g/mol. The fourth-order valence-corrected chi connectivity index (χ4v) is 12.4. The first-order chi connectivity index (χ1) is 29.8. The van der Waals surface area contributed by atoms with Crippen LogP contribution in [0, 0.1) is 0 Å². The molecule has 3 nitrogen and oxygen atoms in total. The van der Waals surface area contributed by atoms with E-state index in [9.17, 15) is 0 Å². The highest BCUT2D eigenvalue weighted by atomic mass is 15.1. The summed E-state index contributed by atoms with van der Waals surface area (Å²) in [5.74, 6) is 0. The van der Waals surface area contributed by atoms with Crippen LogP contribution >= 0.6 is 0 Å². The minimum absolute atomic E-state index is 0.0186. The molecule has 4 heteroatoms. The molecule has 0 unspecified atom stereocenters. The van der Waals surface area contributed by atoms with Crippen molar-refractivity contribution in [2.45, 2.75) is 0 Å². The van der Waals surface area contributed by atoms with Gasteiger partial charge in [-0.2, -0.15) is 0 Å². The van der Waals surface area contributed by atoms with Crippen molar-refractivity contribution < 1.29 is 0 Å². The quantitative estimate of drug-likeness (QED) is 0.148. The lowest BCUT2D eigenvalue weighted by atomic mass is 9.34. The topological polar surface area (TPSA) is 14.8 Å². The molecule has 0 bridgehead atoms. The van der Waals surface area contributed by atoms with Crippen LogP contribution in [0.2, 0.25) is 0 Å². The van der Waals surface area contributed by atoms with Crippen molar-refractivity contribution in [1.29, 1.82) is 0 Å². The minimum atomic E-state index is 0.0186. The number of aromatic nitrogens is 3. The lowest BCUT2D eigenvalue weighted by molar-refractivity contribution is 1.10. The van der Waals surface area contributed by atoms with Gasteiger partial charge in [0.1, 0.15) is 0 Å². The summed E-state index contributed by atoms with van der Waals surface area (Å²) in [5, 5.41) is 13.1. The molecule has 60 heavy (non-hydrogen) atoms. The Bertz CT molecular complexity index is 4140. The Morgan fingerprint density at radius 2 is 0.800 bits per heavy atom. The van der Waals surface area contributed by atoms with Crippen molar-refractivity contribution in [3.05, 3.63) is 182 Å². The van der Waals surface area contributed by atoms with Crippen LogP contribution in [0.4, 0.5) is 0 Å². The van der Waals surface area contributed by atoms with Crippen molar-refractivity contribution in [2.75, 3.05) is 0 Å². The normalized spacial score (nSPS) is 13.3. The Hall–Kier alpha value is -7.82. The third-order valence-electron chi connectivity index (χ3n) is 14.5. The molecular weight excluding hydrogens is 725 g/mol. The van der Waals surface area contributed by atoms with E-state index in [1.54, 1.807) is 0 Å². The van der Waals surface area contributed by atoms with Gasteiger partial charge in [0.2, 0.25) is 0 Å². The van der Waals surface area contributed by atoms with Crippen LogP contribution in [0.1, 0.15) is 0 Å². The molecule has 0 spiro atoms. The summed E-state index contributed by atoms with van der Waals surface area (Å²) in [6, 6.07) is 69.1. The highest BCUT2D eigenvalue weighted by Gasteiger charge is 2.43. The first-order valence-electron chi connectivity index (χ1n) is 21.1. The standard InChI is InChI=1S/C56H30BN3/c1-2-15-34-31(13-1)27-42-55-51(34)41-20-7-10-25-46(41)59(55)48-29-33(58-44-23-8-5-18-37(44)38-19-6-9-24-45(38)58)30-49-54(48)57(42)43-28-32-14-11-21-39-35-16-3-4-17-36(35)40-22-12-26-47-52(40)53(50(32)39)56(43)60(47)49/h1-30H. The van der Waals surface area contributed by atoms with Gasteiger partial charge >= 0.3 is 0 Å². The molecule has 2 aliphatic heterocycles. The zero-order valence-electron chi connectivity index (χ0n) is 32.2. The van der Waals surface area contributed by atoms with Gasteiger partial charge in [-0.15, -0.1) is 0 Å². The molecule has 3 aromatic heterocycles. The predicted molar refractivity (Wildman–Crippen MR) is 254 cm³/mol. The van der Waals surface area contributed by atoms with E-state index < -0.39 is 0 Å². The predicted octanol–water partition coefficient (Wildman–Crippen LogP) is 12.1. The van der Waals surface area contributed by atoms with E-state index in [2.05, 4.69) is 196 Å². The molecule has 272 valence electrons. The van der Waals surface area contributed by atoms with Crippen LogP contribution in [-0.2, 0) is 0 Å². The Balaban J connectivity index is 1.19. The van der Waals surface area contributed by atoms with E-state index in [0.717, 1.165) is 0 Å². The van der Waals surface area contributed by atoms with Gasteiger partial charge in [-0.3, -0.25) is 0 Å². The van der Waals surface area contributed by atoms with Crippen LogP contribution in [-0.4, -0.2) is 20.4 Å². The van der Waals surface area contributed by atoms with E-state index in [0.29, 0.717) is 0 Å². The van der Waals surface area contributed by atoms with Crippen LogP contribution < -0.4 is 16.4 Å². The maximum absolute atomic E-state index is 2.66. The lowest BCUT2D eigenvalue weighted by Gasteiger charge is -2.35. The summed E-state index contributed by atoms with van der Waals surface area (Å²) in [6.45, 7) is 0.0186. The van der Waals surface area contributed by atoms with Gasteiger partial charge in [-0.1, -0.05) is 146 Å². The molecule has 13 aromatic rings. The van der Waals surface area contributed by atoms with Crippen LogP contribution in [0.5, 0.6) is 0 Å².